The summed E-state index contributed by atoms with van der Waals surface area (Å²) < 4.78 is 5.13. The summed E-state index contributed by atoms with van der Waals surface area (Å²) in [6.07, 6.45) is 1.55. The van der Waals surface area contributed by atoms with Gasteiger partial charge in [-0.25, -0.2) is 0 Å². The molecule has 20 heavy (non-hydrogen) atoms. The summed E-state index contributed by atoms with van der Waals surface area (Å²) in [5.41, 5.74) is 1.05. The summed E-state index contributed by atoms with van der Waals surface area (Å²) in [6, 6.07) is 10.5. The van der Waals surface area contributed by atoms with E-state index in [-0.39, 0.29) is 23.6 Å². The van der Waals surface area contributed by atoms with Crippen molar-refractivity contribution in [2.45, 2.75) is 6.42 Å². The number of para-hydroxylation sites is 1. The van der Waals surface area contributed by atoms with Crippen molar-refractivity contribution in [3.63, 3.8) is 0 Å². The minimum Gasteiger partial charge on any atom is -0.356 e. The molecule has 0 aliphatic carbocycles. The summed E-state index contributed by atoms with van der Waals surface area (Å²) in [7, 11) is 0. The van der Waals surface area contributed by atoms with Crippen LogP contribution in [0.3, 0.4) is 0 Å². The molecule has 0 spiro atoms. The number of aromatic nitrogens is 2. The van der Waals surface area contributed by atoms with E-state index in [0.717, 1.165) is 5.39 Å². The molecule has 0 atom stereocenters. The average Bonchev–Trinajstić information content (AvgIpc) is 2.85. The number of benzene rings is 1. The second-order valence-corrected chi connectivity index (χ2v) is 4.26. The molecule has 1 amide bonds. The smallest absolute Gasteiger partial charge is 0.271 e. The van der Waals surface area contributed by atoms with Gasteiger partial charge in [0, 0.05) is 11.6 Å². The second-order valence-electron chi connectivity index (χ2n) is 4.26. The molecule has 6 nitrogen and oxygen atoms in total. The first-order valence-corrected chi connectivity index (χ1v) is 6.05. The Balaban J connectivity index is 1.80. The SMILES string of the molecule is O=C(Cc1noc2ccccc12)Nc1ccc[nH]c1=O. The highest BCUT2D eigenvalue weighted by molar-refractivity contribution is 5.94. The van der Waals surface area contributed by atoms with Crippen LogP contribution in [0.2, 0.25) is 0 Å². The van der Waals surface area contributed by atoms with Crippen molar-refractivity contribution < 1.29 is 9.32 Å². The number of amides is 1. The van der Waals surface area contributed by atoms with Gasteiger partial charge in [-0.3, -0.25) is 9.59 Å². The zero-order valence-corrected chi connectivity index (χ0v) is 10.4. The predicted molar refractivity (Wildman–Crippen MR) is 73.4 cm³/mol. The molecule has 0 radical (unpaired) electrons. The maximum Gasteiger partial charge on any atom is 0.271 e. The number of hydrogen-bond donors (Lipinski definition) is 2. The Morgan fingerprint density at radius 2 is 2.10 bits per heavy atom. The molecule has 0 saturated heterocycles. The fourth-order valence-electron chi connectivity index (χ4n) is 1.93. The fraction of sp³-hybridized carbons (Fsp3) is 0.0714. The van der Waals surface area contributed by atoms with Crippen molar-refractivity contribution in [2.24, 2.45) is 0 Å². The quantitative estimate of drug-likeness (QED) is 0.757. The Labute approximate surface area is 113 Å². The molecule has 3 aromatic rings. The molecule has 0 fully saturated rings. The number of carbonyl (C=O) groups excluding carboxylic acids is 1. The first kappa shape index (κ1) is 12.2. The highest BCUT2D eigenvalue weighted by Crippen LogP contribution is 2.18. The van der Waals surface area contributed by atoms with Gasteiger partial charge in [0.15, 0.2) is 5.58 Å². The van der Waals surface area contributed by atoms with Crippen molar-refractivity contribution in [1.29, 1.82) is 0 Å². The van der Waals surface area contributed by atoms with Crippen LogP contribution < -0.4 is 10.9 Å². The average molecular weight is 269 g/mol. The number of nitrogens with one attached hydrogen (secondary N) is 2. The van der Waals surface area contributed by atoms with E-state index in [1.807, 2.05) is 18.2 Å². The summed E-state index contributed by atoms with van der Waals surface area (Å²) in [5, 5.41) is 7.22. The molecular weight excluding hydrogens is 258 g/mol. The zero-order chi connectivity index (χ0) is 13.9. The van der Waals surface area contributed by atoms with Gasteiger partial charge in [0.1, 0.15) is 11.4 Å². The van der Waals surface area contributed by atoms with Crippen LogP contribution in [0, 0.1) is 0 Å². The maximum atomic E-state index is 11.9. The number of carbonyl (C=O) groups is 1. The van der Waals surface area contributed by atoms with E-state index in [1.165, 1.54) is 12.3 Å². The van der Waals surface area contributed by atoms with Crippen molar-refractivity contribution in [3.05, 3.63) is 58.6 Å². The molecule has 100 valence electrons. The number of pyridine rings is 1. The number of nitrogens with zero attached hydrogens (tertiary/aromatic N) is 1. The van der Waals surface area contributed by atoms with Crippen LogP contribution in [0.1, 0.15) is 5.69 Å². The molecule has 0 aliphatic rings. The van der Waals surface area contributed by atoms with Crippen LogP contribution in [0.4, 0.5) is 5.69 Å². The van der Waals surface area contributed by atoms with Crippen molar-refractivity contribution in [2.75, 3.05) is 5.32 Å². The highest BCUT2D eigenvalue weighted by Gasteiger charge is 2.12. The van der Waals surface area contributed by atoms with E-state index < -0.39 is 0 Å². The van der Waals surface area contributed by atoms with Gasteiger partial charge < -0.3 is 14.8 Å². The van der Waals surface area contributed by atoms with Crippen LogP contribution in [0.5, 0.6) is 0 Å². The lowest BCUT2D eigenvalue weighted by molar-refractivity contribution is -0.115. The topological polar surface area (TPSA) is 88.0 Å². The largest absolute Gasteiger partial charge is 0.356 e. The summed E-state index contributed by atoms with van der Waals surface area (Å²) >= 11 is 0. The molecule has 2 aromatic heterocycles. The molecule has 0 aliphatic heterocycles. The monoisotopic (exact) mass is 269 g/mol. The maximum absolute atomic E-state index is 11.9. The van der Waals surface area contributed by atoms with Crippen molar-refractivity contribution in [3.8, 4) is 0 Å². The molecular formula is C14H11N3O3. The zero-order valence-electron chi connectivity index (χ0n) is 10.4. The van der Waals surface area contributed by atoms with E-state index in [1.54, 1.807) is 12.1 Å². The van der Waals surface area contributed by atoms with E-state index in [2.05, 4.69) is 15.5 Å². The lowest BCUT2D eigenvalue weighted by atomic mass is 10.1. The first-order valence-electron chi connectivity index (χ1n) is 6.05. The van der Waals surface area contributed by atoms with Crippen LogP contribution >= 0.6 is 0 Å². The third-order valence-corrected chi connectivity index (χ3v) is 2.87. The number of fused-ring (bicyclic) bond motifs is 1. The Morgan fingerprint density at radius 3 is 2.95 bits per heavy atom. The normalized spacial score (nSPS) is 10.6. The molecule has 6 heteroatoms. The molecule has 3 rings (SSSR count). The number of rotatable bonds is 3. The van der Waals surface area contributed by atoms with Gasteiger partial charge in [-0.1, -0.05) is 17.3 Å². The van der Waals surface area contributed by atoms with E-state index in [9.17, 15) is 9.59 Å². The van der Waals surface area contributed by atoms with Gasteiger partial charge in [0.05, 0.1) is 6.42 Å². The third kappa shape index (κ3) is 2.31. The van der Waals surface area contributed by atoms with Gasteiger partial charge in [-0.15, -0.1) is 0 Å². The molecule has 1 aromatic carbocycles. The first-order chi connectivity index (χ1) is 9.74. The van der Waals surface area contributed by atoms with Gasteiger partial charge in [-0.05, 0) is 24.3 Å². The second kappa shape index (κ2) is 5.00. The van der Waals surface area contributed by atoms with Crippen molar-refractivity contribution >= 4 is 22.6 Å². The van der Waals surface area contributed by atoms with Crippen LogP contribution in [0.25, 0.3) is 11.0 Å². The molecule has 0 bridgehead atoms. The van der Waals surface area contributed by atoms with Gasteiger partial charge in [0.25, 0.3) is 5.56 Å². The lowest BCUT2D eigenvalue weighted by Crippen LogP contribution is -2.20. The summed E-state index contributed by atoms with van der Waals surface area (Å²) in [6.45, 7) is 0. The van der Waals surface area contributed by atoms with Gasteiger partial charge >= 0.3 is 0 Å². The Bertz CT molecular complexity index is 819. The fourth-order valence-corrected chi connectivity index (χ4v) is 1.93. The minimum absolute atomic E-state index is 0.0470. The number of hydrogen-bond acceptors (Lipinski definition) is 4. The van der Waals surface area contributed by atoms with Crippen LogP contribution in [-0.2, 0) is 11.2 Å². The number of anilines is 1. The number of H-pyrrole nitrogens is 1. The Kier molecular flexibility index (Phi) is 3.04. The lowest BCUT2D eigenvalue weighted by Gasteiger charge is -2.02. The van der Waals surface area contributed by atoms with Crippen molar-refractivity contribution in [1.82, 2.24) is 10.1 Å². The Hall–Kier alpha value is -2.89. The van der Waals surface area contributed by atoms with E-state index in [0.29, 0.717) is 11.3 Å². The van der Waals surface area contributed by atoms with E-state index in [4.69, 9.17) is 4.52 Å². The third-order valence-electron chi connectivity index (χ3n) is 2.87. The molecule has 0 unspecified atom stereocenters. The van der Waals surface area contributed by atoms with Gasteiger partial charge in [-0.2, -0.15) is 0 Å². The standard InChI is InChI=1S/C14H11N3O3/c18-13(16-10-5-3-7-15-14(10)19)8-11-9-4-1-2-6-12(9)20-17-11/h1-7H,8H2,(H,15,19)(H,16,18). The van der Waals surface area contributed by atoms with Crippen LogP contribution in [0.15, 0.2) is 51.9 Å². The molecule has 2 N–H and O–H groups in total. The van der Waals surface area contributed by atoms with E-state index >= 15 is 0 Å². The molecule has 2 heterocycles. The van der Waals surface area contributed by atoms with Crippen LogP contribution in [-0.4, -0.2) is 16.0 Å². The summed E-state index contributed by atoms with van der Waals surface area (Å²) in [4.78, 5) is 25.9. The minimum atomic E-state index is -0.342. The number of aromatic amines is 1. The van der Waals surface area contributed by atoms with Gasteiger partial charge in [0.2, 0.25) is 5.91 Å². The summed E-state index contributed by atoms with van der Waals surface area (Å²) in [5.74, 6) is -0.319. The Morgan fingerprint density at radius 1 is 1.25 bits per heavy atom. The predicted octanol–water partition coefficient (Wildman–Crippen LogP) is 1.70. The molecule has 0 saturated carbocycles. The highest BCUT2D eigenvalue weighted by atomic mass is 16.5.